The largest absolute Gasteiger partial charge is 0.509 e. The lowest BCUT2D eigenvalue weighted by atomic mass is 9.62. The summed E-state index contributed by atoms with van der Waals surface area (Å²) in [6.07, 6.45) is 0.608. The zero-order valence-corrected chi connectivity index (χ0v) is 16.3. The van der Waals surface area contributed by atoms with Crippen LogP contribution in [0.1, 0.15) is 31.9 Å². The van der Waals surface area contributed by atoms with Crippen molar-refractivity contribution in [1.29, 1.82) is 5.41 Å². The van der Waals surface area contributed by atoms with Gasteiger partial charge in [-0.15, -0.1) is 0 Å². The number of amides is 2. The standard InChI is InChI=1S/C21H23N3O4/c1-9(22)13-17(25)16-15-11(20(2,3)24(16)18(13)26)8-10-6-5-7-12-14(10)21(15,28)19(27)23(12)4/h5-7,11,15-16,22,25,28H,8H2,1-4H3. The normalized spacial score (nSPS) is 34.7. The fourth-order valence-electron chi connectivity index (χ4n) is 6.16. The van der Waals surface area contributed by atoms with Crippen molar-refractivity contribution in [2.24, 2.45) is 11.8 Å². The Morgan fingerprint density at radius 3 is 2.61 bits per heavy atom. The van der Waals surface area contributed by atoms with Crippen LogP contribution < -0.4 is 4.90 Å². The van der Waals surface area contributed by atoms with Crippen molar-refractivity contribution < 1.29 is 19.8 Å². The van der Waals surface area contributed by atoms with Crippen LogP contribution in [-0.2, 0) is 21.6 Å². The van der Waals surface area contributed by atoms with E-state index in [1.165, 1.54) is 11.8 Å². The van der Waals surface area contributed by atoms with E-state index < -0.39 is 34.9 Å². The second-order valence-corrected chi connectivity index (χ2v) is 8.94. The number of carbonyl (C=O) groups excluding carboxylic acids is 2. The van der Waals surface area contributed by atoms with Crippen LogP contribution >= 0.6 is 0 Å². The van der Waals surface area contributed by atoms with Crippen LogP contribution in [0.2, 0.25) is 0 Å². The van der Waals surface area contributed by atoms with Crippen molar-refractivity contribution in [2.45, 2.75) is 44.4 Å². The molecule has 1 saturated heterocycles. The molecule has 7 nitrogen and oxygen atoms in total. The summed E-state index contributed by atoms with van der Waals surface area (Å²) < 4.78 is 0. The average Bonchev–Trinajstić information content (AvgIpc) is 3.11. The predicted molar refractivity (Wildman–Crippen MR) is 102 cm³/mol. The van der Waals surface area contributed by atoms with Crippen LogP contribution in [0, 0.1) is 17.2 Å². The number of anilines is 1. The maximum Gasteiger partial charge on any atom is 0.263 e. The van der Waals surface area contributed by atoms with Gasteiger partial charge in [0.25, 0.3) is 11.8 Å². The van der Waals surface area contributed by atoms with Gasteiger partial charge in [-0.05, 0) is 44.7 Å². The van der Waals surface area contributed by atoms with Crippen molar-refractivity contribution in [2.75, 3.05) is 11.9 Å². The highest BCUT2D eigenvalue weighted by atomic mass is 16.3. The van der Waals surface area contributed by atoms with Gasteiger partial charge in [-0.2, -0.15) is 0 Å². The Kier molecular flexibility index (Phi) is 3.01. The van der Waals surface area contributed by atoms with Crippen molar-refractivity contribution in [3.05, 3.63) is 40.7 Å². The number of benzene rings is 1. The van der Waals surface area contributed by atoms with Crippen LogP contribution in [0.25, 0.3) is 0 Å². The average molecular weight is 381 g/mol. The van der Waals surface area contributed by atoms with E-state index in [2.05, 4.69) is 0 Å². The van der Waals surface area contributed by atoms with Gasteiger partial charge in [-0.25, -0.2) is 0 Å². The molecule has 0 spiro atoms. The zero-order chi connectivity index (χ0) is 20.3. The Hall–Kier alpha value is -2.67. The molecule has 1 aromatic rings. The summed E-state index contributed by atoms with van der Waals surface area (Å²) in [6, 6.07) is 4.81. The minimum Gasteiger partial charge on any atom is -0.509 e. The first-order valence-corrected chi connectivity index (χ1v) is 9.49. The molecule has 3 aliphatic heterocycles. The Labute approximate surface area is 162 Å². The number of hydrogen-bond acceptors (Lipinski definition) is 5. The highest BCUT2D eigenvalue weighted by Crippen LogP contribution is 2.62. The van der Waals surface area contributed by atoms with Gasteiger partial charge < -0.3 is 25.4 Å². The van der Waals surface area contributed by atoms with E-state index in [1.807, 2.05) is 32.0 Å². The van der Waals surface area contributed by atoms with E-state index in [4.69, 9.17) is 5.41 Å². The van der Waals surface area contributed by atoms with Gasteiger partial charge in [0.15, 0.2) is 5.60 Å². The predicted octanol–water partition coefficient (Wildman–Crippen LogP) is 1.49. The minimum atomic E-state index is -1.81. The van der Waals surface area contributed by atoms with Crippen LogP contribution in [0.4, 0.5) is 5.69 Å². The monoisotopic (exact) mass is 381 g/mol. The Morgan fingerprint density at radius 1 is 1.29 bits per heavy atom. The summed E-state index contributed by atoms with van der Waals surface area (Å²) in [5, 5.41) is 30.8. The van der Waals surface area contributed by atoms with Gasteiger partial charge >= 0.3 is 0 Å². The molecule has 0 saturated carbocycles. The van der Waals surface area contributed by atoms with Gasteiger partial charge in [0.1, 0.15) is 5.76 Å². The summed E-state index contributed by atoms with van der Waals surface area (Å²) in [5.74, 6) is -1.91. The molecular formula is C21H23N3O4. The maximum absolute atomic E-state index is 13.3. The van der Waals surface area contributed by atoms with Crippen LogP contribution in [0.5, 0.6) is 0 Å². The molecule has 1 aliphatic carbocycles. The third kappa shape index (κ3) is 1.60. The second kappa shape index (κ2) is 4.84. The van der Waals surface area contributed by atoms with E-state index in [0.29, 0.717) is 17.7 Å². The molecule has 4 atom stereocenters. The van der Waals surface area contributed by atoms with Crippen LogP contribution in [0.15, 0.2) is 29.5 Å². The maximum atomic E-state index is 13.3. The van der Waals surface area contributed by atoms with Crippen molar-refractivity contribution in [3.8, 4) is 0 Å². The molecule has 0 aromatic heterocycles. The number of rotatable bonds is 1. The number of nitrogens with zero attached hydrogens (tertiary/aromatic N) is 2. The summed E-state index contributed by atoms with van der Waals surface area (Å²) in [4.78, 5) is 29.5. The van der Waals surface area contributed by atoms with Crippen molar-refractivity contribution in [1.82, 2.24) is 4.90 Å². The lowest BCUT2D eigenvalue weighted by Crippen LogP contribution is -2.53. The molecule has 5 rings (SSSR count). The van der Waals surface area contributed by atoms with E-state index in [1.54, 1.807) is 11.9 Å². The number of aliphatic hydroxyl groups excluding tert-OH is 1. The molecule has 28 heavy (non-hydrogen) atoms. The number of aliphatic hydroxyl groups is 2. The highest BCUT2D eigenvalue weighted by molar-refractivity contribution is 6.22. The minimum absolute atomic E-state index is 0.0111. The van der Waals surface area contributed by atoms with E-state index >= 15 is 0 Å². The quantitative estimate of drug-likeness (QED) is 0.641. The molecule has 3 N–H and O–H groups in total. The lowest BCUT2D eigenvalue weighted by molar-refractivity contribution is -0.147. The first-order valence-electron chi connectivity index (χ1n) is 9.49. The highest BCUT2D eigenvalue weighted by Gasteiger charge is 2.72. The molecule has 146 valence electrons. The molecule has 0 radical (unpaired) electrons. The summed E-state index contributed by atoms with van der Waals surface area (Å²) in [6.45, 7) is 5.30. The van der Waals surface area contributed by atoms with Crippen molar-refractivity contribution in [3.63, 3.8) is 0 Å². The number of nitrogens with one attached hydrogen (secondary N) is 1. The number of likely N-dealkylation sites (N-methyl/N-ethyl adjacent to an activating group) is 1. The number of hydrogen-bond donors (Lipinski definition) is 3. The van der Waals surface area contributed by atoms with Crippen LogP contribution in [-0.4, -0.2) is 51.3 Å². The van der Waals surface area contributed by atoms with Gasteiger partial charge in [0.05, 0.1) is 17.3 Å². The second-order valence-electron chi connectivity index (χ2n) is 8.94. The van der Waals surface area contributed by atoms with E-state index in [0.717, 1.165) is 5.56 Å². The molecule has 1 aromatic carbocycles. The molecule has 1 fully saturated rings. The van der Waals surface area contributed by atoms with E-state index in [9.17, 15) is 19.8 Å². The zero-order valence-electron chi connectivity index (χ0n) is 16.3. The Bertz CT molecular complexity index is 1030. The third-order valence-corrected chi connectivity index (χ3v) is 7.35. The summed E-state index contributed by atoms with van der Waals surface area (Å²) >= 11 is 0. The van der Waals surface area contributed by atoms with E-state index in [-0.39, 0.29) is 23.0 Å². The third-order valence-electron chi connectivity index (χ3n) is 7.35. The number of carbonyl (C=O) groups is 2. The van der Waals surface area contributed by atoms with Gasteiger partial charge in [0, 0.05) is 29.8 Å². The fraction of sp³-hybridized carbons (Fsp3) is 0.476. The van der Waals surface area contributed by atoms with Gasteiger partial charge in [-0.1, -0.05) is 12.1 Å². The van der Waals surface area contributed by atoms with Gasteiger partial charge in [0.2, 0.25) is 0 Å². The van der Waals surface area contributed by atoms with Crippen molar-refractivity contribution >= 4 is 23.2 Å². The lowest BCUT2D eigenvalue weighted by Gasteiger charge is -2.42. The molecule has 3 heterocycles. The molecule has 7 heteroatoms. The molecule has 4 unspecified atom stereocenters. The number of fused-ring (bicyclic) bond motifs is 4. The fourth-order valence-corrected chi connectivity index (χ4v) is 6.16. The van der Waals surface area contributed by atoms with Crippen LogP contribution in [0.3, 0.4) is 0 Å². The van der Waals surface area contributed by atoms with Gasteiger partial charge in [-0.3, -0.25) is 9.59 Å². The molecule has 4 aliphatic rings. The Balaban J connectivity index is 1.80. The smallest absolute Gasteiger partial charge is 0.263 e. The first-order chi connectivity index (χ1) is 13.0. The summed E-state index contributed by atoms with van der Waals surface area (Å²) in [5.41, 5.74) is -0.339. The SMILES string of the molecule is CC(=N)C1=C(O)C2C3C(Cc4cccc5c4C3(O)C(=O)N5C)C(C)(C)N2C1=O. The summed E-state index contributed by atoms with van der Waals surface area (Å²) in [7, 11) is 1.64. The topological polar surface area (TPSA) is 105 Å². The molecule has 0 bridgehead atoms. The molecular weight excluding hydrogens is 358 g/mol. The molecule has 2 amide bonds. The first kappa shape index (κ1) is 17.4. The Morgan fingerprint density at radius 2 is 1.96 bits per heavy atom.